The molecule has 2 rings (SSSR count). The number of nitrogens with zero attached hydrogens (tertiary/aromatic N) is 1. The standard InChI is InChI=1S/C23H31NO4/c1-14-17(20(25)27-22(3,4)5)19(16-12-10-9-11-13-16)18(15(2)24-14)21(26)28-23(6,7)8/h9-13,17,19H,1-8H3. The Balaban J connectivity index is 2.59. The first kappa shape index (κ1) is 21.9. The van der Waals surface area contributed by atoms with Gasteiger partial charge in [0.2, 0.25) is 0 Å². The molecule has 1 aliphatic heterocycles. The van der Waals surface area contributed by atoms with Crippen LogP contribution in [-0.2, 0) is 19.1 Å². The van der Waals surface area contributed by atoms with Crippen LogP contribution in [0.2, 0.25) is 0 Å². The van der Waals surface area contributed by atoms with E-state index in [1.54, 1.807) is 13.8 Å². The number of aliphatic imine (C=N–C) groups is 1. The minimum Gasteiger partial charge on any atom is -0.459 e. The van der Waals surface area contributed by atoms with Crippen LogP contribution in [0.5, 0.6) is 0 Å². The zero-order valence-electron chi connectivity index (χ0n) is 18.1. The smallest absolute Gasteiger partial charge is 0.337 e. The summed E-state index contributed by atoms with van der Waals surface area (Å²) in [5, 5.41) is 0. The third kappa shape index (κ3) is 5.31. The molecule has 0 N–H and O–H groups in total. The summed E-state index contributed by atoms with van der Waals surface area (Å²) < 4.78 is 11.3. The van der Waals surface area contributed by atoms with E-state index in [9.17, 15) is 9.59 Å². The van der Waals surface area contributed by atoms with Crippen molar-refractivity contribution in [3.8, 4) is 0 Å². The normalized spacial score (nSPS) is 20.5. The second kappa shape index (κ2) is 7.90. The van der Waals surface area contributed by atoms with Crippen molar-refractivity contribution < 1.29 is 19.1 Å². The van der Waals surface area contributed by atoms with Gasteiger partial charge < -0.3 is 9.47 Å². The SMILES string of the molecule is CC1=NC(C)=C(C(=O)OC(C)(C)C)C(c2ccccc2)C1C(=O)OC(C)(C)C. The van der Waals surface area contributed by atoms with E-state index in [1.165, 1.54) is 0 Å². The Kier molecular flexibility index (Phi) is 6.17. The Bertz CT molecular complexity index is 807. The highest BCUT2D eigenvalue weighted by molar-refractivity contribution is 6.07. The van der Waals surface area contributed by atoms with Crippen LogP contribution in [-0.4, -0.2) is 28.9 Å². The molecule has 2 unspecified atom stereocenters. The van der Waals surface area contributed by atoms with Crippen molar-refractivity contribution in [2.45, 2.75) is 72.5 Å². The van der Waals surface area contributed by atoms with Crippen LogP contribution >= 0.6 is 0 Å². The Labute approximate surface area is 167 Å². The topological polar surface area (TPSA) is 65.0 Å². The summed E-state index contributed by atoms with van der Waals surface area (Å²) in [4.78, 5) is 30.7. The Morgan fingerprint density at radius 2 is 1.43 bits per heavy atom. The molecule has 0 amide bonds. The van der Waals surface area contributed by atoms with Crippen molar-refractivity contribution in [1.29, 1.82) is 0 Å². The van der Waals surface area contributed by atoms with Crippen LogP contribution in [0, 0.1) is 5.92 Å². The predicted molar refractivity (Wildman–Crippen MR) is 110 cm³/mol. The first-order chi connectivity index (χ1) is 12.8. The molecule has 1 aromatic rings. The highest BCUT2D eigenvalue weighted by Crippen LogP contribution is 2.41. The second-order valence-corrected chi connectivity index (χ2v) is 9.15. The average Bonchev–Trinajstić information content (AvgIpc) is 2.51. The van der Waals surface area contributed by atoms with Crippen LogP contribution in [0.25, 0.3) is 0 Å². The number of esters is 2. The lowest BCUT2D eigenvalue weighted by molar-refractivity contribution is -0.158. The molecule has 5 nitrogen and oxygen atoms in total. The van der Waals surface area contributed by atoms with Crippen molar-refractivity contribution >= 4 is 17.7 Å². The van der Waals surface area contributed by atoms with Gasteiger partial charge >= 0.3 is 11.9 Å². The van der Waals surface area contributed by atoms with Crippen LogP contribution < -0.4 is 0 Å². The van der Waals surface area contributed by atoms with Gasteiger partial charge in [0.15, 0.2) is 0 Å². The molecule has 0 bridgehead atoms. The fourth-order valence-electron chi connectivity index (χ4n) is 3.33. The molecule has 2 atom stereocenters. The van der Waals surface area contributed by atoms with Crippen LogP contribution in [0.1, 0.15) is 66.9 Å². The molecule has 0 aliphatic carbocycles. The molecule has 0 aromatic heterocycles. The molecule has 0 spiro atoms. The third-order valence-electron chi connectivity index (χ3n) is 4.27. The molecule has 1 aromatic carbocycles. The number of ether oxygens (including phenoxy) is 2. The average molecular weight is 386 g/mol. The first-order valence-corrected chi connectivity index (χ1v) is 9.57. The highest BCUT2D eigenvalue weighted by atomic mass is 16.6. The Morgan fingerprint density at radius 3 is 1.93 bits per heavy atom. The van der Waals surface area contributed by atoms with Gasteiger partial charge in [-0.1, -0.05) is 30.3 Å². The number of rotatable bonds is 3. The maximum absolute atomic E-state index is 13.1. The number of hydrogen-bond donors (Lipinski definition) is 0. The largest absolute Gasteiger partial charge is 0.459 e. The summed E-state index contributed by atoms with van der Waals surface area (Å²) in [5.74, 6) is -2.05. The van der Waals surface area contributed by atoms with E-state index in [-0.39, 0.29) is 0 Å². The fraction of sp³-hybridized carbons (Fsp3) is 0.522. The van der Waals surface area contributed by atoms with E-state index < -0.39 is 35.0 Å². The summed E-state index contributed by atoms with van der Waals surface area (Å²) in [6.07, 6.45) is 0. The summed E-state index contributed by atoms with van der Waals surface area (Å²) in [5.41, 5.74) is 1.17. The van der Waals surface area contributed by atoms with Gasteiger partial charge in [-0.05, 0) is 61.0 Å². The minimum absolute atomic E-state index is 0.392. The van der Waals surface area contributed by atoms with E-state index in [1.807, 2.05) is 71.9 Å². The number of benzene rings is 1. The van der Waals surface area contributed by atoms with E-state index in [4.69, 9.17) is 9.47 Å². The van der Waals surface area contributed by atoms with Gasteiger partial charge in [-0.2, -0.15) is 0 Å². The minimum atomic E-state index is -0.687. The van der Waals surface area contributed by atoms with Crippen molar-refractivity contribution in [3.05, 3.63) is 47.2 Å². The van der Waals surface area contributed by atoms with Gasteiger partial charge in [0, 0.05) is 17.3 Å². The molecule has 5 heteroatoms. The van der Waals surface area contributed by atoms with Gasteiger partial charge in [-0.25, -0.2) is 4.79 Å². The Hall–Kier alpha value is -2.43. The fourth-order valence-corrected chi connectivity index (χ4v) is 3.33. The number of carbonyl (C=O) groups excluding carboxylic acids is 2. The lowest BCUT2D eigenvalue weighted by Crippen LogP contribution is -2.40. The number of carbonyl (C=O) groups is 2. The van der Waals surface area contributed by atoms with Gasteiger partial charge in [0.25, 0.3) is 0 Å². The predicted octanol–water partition coefficient (Wildman–Crippen LogP) is 4.82. The third-order valence-corrected chi connectivity index (χ3v) is 4.27. The molecule has 0 saturated carbocycles. The Morgan fingerprint density at radius 1 is 0.893 bits per heavy atom. The summed E-state index contributed by atoms with van der Waals surface area (Å²) in [7, 11) is 0. The summed E-state index contributed by atoms with van der Waals surface area (Å²) in [6.45, 7) is 14.5. The molecule has 28 heavy (non-hydrogen) atoms. The van der Waals surface area contributed by atoms with Gasteiger partial charge in [-0.3, -0.25) is 9.79 Å². The van der Waals surface area contributed by atoms with Crippen molar-refractivity contribution in [2.24, 2.45) is 10.9 Å². The maximum atomic E-state index is 13.1. The molecule has 1 heterocycles. The molecular weight excluding hydrogens is 354 g/mol. The van der Waals surface area contributed by atoms with Crippen LogP contribution in [0.3, 0.4) is 0 Å². The molecule has 152 valence electrons. The maximum Gasteiger partial charge on any atom is 0.337 e. The van der Waals surface area contributed by atoms with Crippen molar-refractivity contribution in [1.82, 2.24) is 0 Å². The van der Waals surface area contributed by atoms with Crippen LogP contribution in [0.15, 0.2) is 46.6 Å². The summed E-state index contributed by atoms with van der Waals surface area (Å²) in [6, 6.07) is 9.52. The van der Waals surface area contributed by atoms with E-state index in [2.05, 4.69) is 4.99 Å². The van der Waals surface area contributed by atoms with E-state index in [0.29, 0.717) is 17.0 Å². The van der Waals surface area contributed by atoms with Gasteiger partial charge in [0.05, 0.1) is 5.57 Å². The number of hydrogen-bond acceptors (Lipinski definition) is 5. The lowest BCUT2D eigenvalue weighted by atomic mass is 9.75. The lowest BCUT2D eigenvalue weighted by Gasteiger charge is -2.34. The molecule has 0 radical (unpaired) electrons. The van der Waals surface area contributed by atoms with Crippen molar-refractivity contribution in [2.75, 3.05) is 0 Å². The first-order valence-electron chi connectivity index (χ1n) is 9.57. The van der Waals surface area contributed by atoms with E-state index >= 15 is 0 Å². The molecule has 1 aliphatic rings. The molecule has 0 fully saturated rings. The van der Waals surface area contributed by atoms with Crippen molar-refractivity contribution in [3.63, 3.8) is 0 Å². The molecular formula is C23H31NO4. The molecule has 0 saturated heterocycles. The van der Waals surface area contributed by atoms with E-state index in [0.717, 1.165) is 5.56 Å². The number of allylic oxidation sites excluding steroid dienone is 1. The quantitative estimate of drug-likeness (QED) is 0.700. The van der Waals surface area contributed by atoms with Crippen LogP contribution in [0.4, 0.5) is 0 Å². The zero-order chi connectivity index (χ0) is 21.3. The second-order valence-electron chi connectivity index (χ2n) is 9.15. The monoisotopic (exact) mass is 385 g/mol. The van der Waals surface area contributed by atoms with Gasteiger partial charge in [-0.15, -0.1) is 0 Å². The zero-order valence-corrected chi connectivity index (χ0v) is 18.1. The van der Waals surface area contributed by atoms with Gasteiger partial charge in [0.1, 0.15) is 17.1 Å². The summed E-state index contributed by atoms with van der Waals surface area (Å²) >= 11 is 0. The highest BCUT2D eigenvalue weighted by Gasteiger charge is 2.43.